The standard InChI is InChI=1S/C26H28Br2N2O5/c1-3-4-5-6-7-8-13-35-23-21(28)15-17(16-22(23)34-2)14-20-24(31)29-26(33)30(25(20)32)19-11-9-18(27)10-12-19/h9-12,14-16H,3-8,13H2,1-2H3,(H,29,31,33)/b20-14+. The van der Waals surface area contributed by atoms with Gasteiger partial charge >= 0.3 is 6.03 Å². The van der Waals surface area contributed by atoms with Gasteiger partial charge in [0.25, 0.3) is 11.8 Å². The van der Waals surface area contributed by atoms with Gasteiger partial charge in [-0.05, 0) is 70.4 Å². The fourth-order valence-corrected chi connectivity index (χ4v) is 4.51. The number of halogens is 2. The third kappa shape index (κ3) is 6.95. The third-order valence-electron chi connectivity index (χ3n) is 5.49. The fraction of sp³-hybridized carbons (Fsp3) is 0.346. The van der Waals surface area contributed by atoms with Crippen LogP contribution < -0.4 is 19.7 Å². The van der Waals surface area contributed by atoms with Crippen molar-refractivity contribution in [2.24, 2.45) is 0 Å². The molecule has 0 spiro atoms. The molecule has 186 valence electrons. The molecule has 0 bridgehead atoms. The van der Waals surface area contributed by atoms with Gasteiger partial charge in [-0.25, -0.2) is 9.69 Å². The summed E-state index contributed by atoms with van der Waals surface area (Å²) in [6, 6.07) is 9.29. The number of barbiturate groups is 1. The van der Waals surface area contributed by atoms with E-state index in [1.54, 1.807) is 36.4 Å². The molecule has 3 rings (SSSR count). The van der Waals surface area contributed by atoms with Gasteiger partial charge in [-0.1, -0.05) is 55.0 Å². The second-order valence-electron chi connectivity index (χ2n) is 8.08. The maximum absolute atomic E-state index is 13.1. The number of carbonyl (C=O) groups is 3. The molecule has 2 aromatic rings. The Kier molecular flexibility index (Phi) is 9.92. The average Bonchev–Trinajstić information content (AvgIpc) is 2.83. The highest BCUT2D eigenvalue weighted by Crippen LogP contribution is 2.37. The molecule has 7 nitrogen and oxygen atoms in total. The van der Waals surface area contributed by atoms with Crippen LogP contribution in [0, 0.1) is 0 Å². The van der Waals surface area contributed by atoms with E-state index in [9.17, 15) is 14.4 Å². The lowest BCUT2D eigenvalue weighted by Crippen LogP contribution is -2.54. The number of amides is 4. The van der Waals surface area contributed by atoms with Gasteiger partial charge in [0.05, 0.1) is 23.9 Å². The van der Waals surface area contributed by atoms with Crippen LogP contribution in [0.4, 0.5) is 10.5 Å². The van der Waals surface area contributed by atoms with Gasteiger partial charge < -0.3 is 9.47 Å². The molecular formula is C26H28Br2N2O5. The van der Waals surface area contributed by atoms with Crippen molar-refractivity contribution in [3.05, 3.63) is 56.5 Å². The minimum atomic E-state index is -0.795. The molecule has 0 radical (unpaired) electrons. The van der Waals surface area contributed by atoms with E-state index in [1.165, 1.54) is 38.9 Å². The predicted octanol–water partition coefficient (Wildman–Crippen LogP) is 6.63. The molecule has 35 heavy (non-hydrogen) atoms. The molecule has 4 amide bonds. The molecule has 1 heterocycles. The smallest absolute Gasteiger partial charge is 0.335 e. The van der Waals surface area contributed by atoms with Gasteiger partial charge in [-0.3, -0.25) is 14.9 Å². The van der Waals surface area contributed by atoms with E-state index >= 15 is 0 Å². The van der Waals surface area contributed by atoms with Crippen molar-refractivity contribution in [3.8, 4) is 11.5 Å². The van der Waals surface area contributed by atoms with Crippen molar-refractivity contribution in [1.82, 2.24) is 5.32 Å². The van der Waals surface area contributed by atoms with Gasteiger partial charge in [-0.2, -0.15) is 0 Å². The zero-order valence-electron chi connectivity index (χ0n) is 19.7. The minimum absolute atomic E-state index is 0.165. The summed E-state index contributed by atoms with van der Waals surface area (Å²) in [5.74, 6) is -0.428. The Labute approximate surface area is 222 Å². The molecule has 1 aliphatic heterocycles. The molecule has 9 heteroatoms. The summed E-state index contributed by atoms with van der Waals surface area (Å²) >= 11 is 6.84. The van der Waals surface area contributed by atoms with Crippen LogP contribution in [0.15, 0.2) is 50.9 Å². The van der Waals surface area contributed by atoms with Crippen LogP contribution in [0.1, 0.15) is 51.0 Å². The summed E-state index contributed by atoms with van der Waals surface area (Å²) in [5.41, 5.74) is 0.734. The monoisotopic (exact) mass is 606 g/mol. The van der Waals surface area contributed by atoms with E-state index in [-0.39, 0.29) is 5.57 Å². The molecule has 1 fully saturated rings. The second kappa shape index (κ2) is 12.9. The van der Waals surface area contributed by atoms with Crippen molar-refractivity contribution >= 4 is 61.5 Å². The minimum Gasteiger partial charge on any atom is -0.493 e. The van der Waals surface area contributed by atoms with Gasteiger partial charge in [0.15, 0.2) is 11.5 Å². The summed E-state index contributed by atoms with van der Waals surface area (Å²) in [4.78, 5) is 38.9. The number of urea groups is 1. The number of imide groups is 2. The van der Waals surface area contributed by atoms with E-state index in [2.05, 4.69) is 44.1 Å². The SMILES string of the molecule is CCCCCCCCOc1c(Br)cc(/C=C2\C(=O)NC(=O)N(c3ccc(Br)cc3)C2=O)cc1OC. The van der Waals surface area contributed by atoms with Gasteiger partial charge in [0, 0.05) is 4.47 Å². The number of nitrogens with one attached hydrogen (secondary N) is 1. The lowest BCUT2D eigenvalue weighted by atomic mass is 10.1. The molecule has 0 aromatic heterocycles. The molecular weight excluding hydrogens is 580 g/mol. The van der Waals surface area contributed by atoms with Gasteiger partial charge in [0.2, 0.25) is 0 Å². The summed E-state index contributed by atoms with van der Waals surface area (Å²) in [6.07, 6.45) is 8.39. The van der Waals surface area contributed by atoms with Crippen LogP contribution in [-0.4, -0.2) is 31.6 Å². The Morgan fingerprint density at radius 2 is 1.66 bits per heavy atom. The van der Waals surface area contributed by atoms with E-state index in [0.29, 0.717) is 33.8 Å². The molecule has 1 aliphatic rings. The fourth-order valence-electron chi connectivity index (χ4n) is 3.67. The van der Waals surface area contributed by atoms with E-state index in [1.807, 2.05) is 0 Å². The topological polar surface area (TPSA) is 84.9 Å². The zero-order chi connectivity index (χ0) is 25.4. The molecule has 0 saturated carbocycles. The molecule has 0 unspecified atom stereocenters. The van der Waals surface area contributed by atoms with Crippen LogP contribution in [0.3, 0.4) is 0 Å². The number of carbonyl (C=O) groups excluding carboxylic acids is 3. The summed E-state index contributed by atoms with van der Waals surface area (Å²) in [6.45, 7) is 2.76. The van der Waals surface area contributed by atoms with Crippen LogP contribution in [0.5, 0.6) is 11.5 Å². The number of hydrogen-bond donors (Lipinski definition) is 1. The largest absolute Gasteiger partial charge is 0.493 e. The number of unbranched alkanes of at least 4 members (excludes halogenated alkanes) is 5. The van der Waals surface area contributed by atoms with Gasteiger partial charge in [-0.15, -0.1) is 0 Å². The highest BCUT2D eigenvalue weighted by atomic mass is 79.9. The highest BCUT2D eigenvalue weighted by Gasteiger charge is 2.36. The van der Waals surface area contributed by atoms with Crippen molar-refractivity contribution < 1.29 is 23.9 Å². The van der Waals surface area contributed by atoms with Crippen LogP contribution in [-0.2, 0) is 9.59 Å². The first-order valence-corrected chi connectivity index (χ1v) is 13.1. The number of hydrogen-bond acceptors (Lipinski definition) is 5. The Bertz CT molecular complexity index is 1120. The lowest BCUT2D eigenvalue weighted by molar-refractivity contribution is -0.122. The summed E-state index contributed by atoms with van der Waals surface area (Å²) in [7, 11) is 1.53. The van der Waals surface area contributed by atoms with E-state index in [4.69, 9.17) is 9.47 Å². The number of methoxy groups -OCH3 is 1. The Hall–Kier alpha value is -2.65. The van der Waals surface area contributed by atoms with E-state index in [0.717, 1.165) is 22.2 Å². The average molecular weight is 608 g/mol. The Morgan fingerprint density at radius 1 is 0.971 bits per heavy atom. The predicted molar refractivity (Wildman–Crippen MR) is 143 cm³/mol. The first kappa shape index (κ1) is 26.9. The van der Waals surface area contributed by atoms with Crippen LogP contribution >= 0.6 is 31.9 Å². The highest BCUT2D eigenvalue weighted by molar-refractivity contribution is 9.10. The number of ether oxygens (including phenoxy) is 2. The molecule has 1 N–H and O–H groups in total. The zero-order valence-corrected chi connectivity index (χ0v) is 22.9. The maximum Gasteiger partial charge on any atom is 0.335 e. The number of rotatable bonds is 11. The summed E-state index contributed by atoms with van der Waals surface area (Å²) < 4.78 is 12.9. The van der Waals surface area contributed by atoms with Crippen LogP contribution in [0.25, 0.3) is 6.08 Å². The lowest BCUT2D eigenvalue weighted by Gasteiger charge is -2.26. The van der Waals surface area contributed by atoms with Crippen molar-refractivity contribution in [2.75, 3.05) is 18.6 Å². The molecule has 2 aromatic carbocycles. The van der Waals surface area contributed by atoms with Gasteiger partial charge in [0.1, 0.15) is 5.57 Å². The first-order chi connectivity index (χ1) is 16.8. The number of anilines is 1. The maximum atomic E-state index is 13.1. The normalized spacial score (nSPS) is 14.9. The number of benzene rings is 2. The number of nitrogens with zero attached hydrogens (tertiary/aromatic N) is 1. The quantitative estimate of drug-likeness (QED) is 0.176. The van der Waals surface area contributed by atoms with Crippen molar-refractivity contribution in [3.63, 3.8) is 0 Å². The van der Waals surface area contributed by atoms with Crippen molar-refractivity contribution in [2.45, 2.75) is 45.4 Å². The Balaban J connectivity index is 1.78. The molecule has 0 aliphatic carbocycles. The second-order valence-corrected chi connectivity index (χ2v) is 9.85. The Morgan fingerprint density at radius 3 is 2.34 bits per heavy atom. The summed E-state index contributed by atoms with van der Waals surface area (Å²) in [5, 5.41) is 2.23. The van der Waals surface area contributed by atoms with Crippen molar-refractivity contribution in [1.29, 1.82) is 0 Å². The first-order valence-electron chi connectivity index (χ1n) is 11.5. The van der Waals surface area contributed by atoms with Crippen LogP contribution in [0.2, 0.25) is 0 Å². The van der Waals surface area contributed by atoms with E-state index < -0.39 is 17.8 Å². The third-order valence-corrected chi connectivity index (χ3v) is 6.61. The molecule has 1 saturated heterocycles. The molecule has 0 atom stereocenters.